The number of rotatable bonds is 3. The Morgan fingerprint density at radius 2 is 2.43 bits per heavy atom. The molecule has 0 heterocycles. The minimum atomic E-state index is -0.479. The van der Waals surface area contributed by atoms with E-state index in [1.54, 1.807) is 6.92 Å². The summed E-state index contributed by atoms with van der Waals surface area (Å²) in [5, 5.41) is 9.67. The molecule has 3 nitrogen and oxygen atoms in total. The number of carbonyl (C=O) groups is 1. The molecule has 3 heteroatoms. The summed E-state index contributed by atoms with van der Waals surface area (Å²) in [4.78, 5) is 11.2. The molecule has 14 heavy (non-hydrogen) atoms. The molecule has 0 spiro atoms. The first kappa shape index (κ1) is 11.2. The maximum atomic E-state index is 11.2. The minimum absolute atomic E-state index is 0.0396. The molecule has 0 bridgehead atoms. The standard InChI is InChI=1S/C11H18O3/c1-3-14-11(13)7-9-5-4-8(2)6-10(9)12/h6,9-10,12H,3-5,7H2,1-2H3/t9-,10+/m1/s1. The highest BCUT2D eigenvalue weighted by Crippen LogP contribution is 2.26. The van der Waals surface area contributed by atoms with Gasteiger partial charge in [-0.2, -0.15) is 0 Å². The minimum Gasteiger partial charge on any atom is -0.466 e. The van der Waals surface area contributed by atoms with E-state index in [9.17, 15) is 9.90 Å². The lowest BCUT2D eigenvalue weighted by Crippen LogP contribution is -2.25. The summed E-state index contributed by atoms with van der Waals surface area (Å²) in [6.45, 7) is 4.21. The van der Waals surface area contributed by atoms with E-state index in [4.69, 9.17) is 4.74 Å². The molecule has 0 aromatic heterocycles. The summed E-state index contributed by atoms with van der Waals surface area (Å²) in [6, 6.07) is 0. The zero-order chi connectivity index (χ0) is 10.6. The average molecular weight is 198 g/mol. The topological polar surface area (TPSA) is 46.5 Å². The molecule has 0 fully saturated rings. The predicted octanol–water partition coefficient (Wildman–Crippen LogP) is 1.66. The van der Waals surface area contributed by atoms with Crippen LogP contribution in [0.5, 0.6) is 0 Å². The Bertz CT molecular complexity index is 233. The van der Waals surface area contributed by atoms with E-state index >= 15 is 0 Å². The van der Waals surface area contributed by atoms with Crippen molar-refractivity contribution in [1.29, 1.82) is 0 Å². The van der Waals surface area contributed by atoms with Gasteiger partial charge in [0.2, 0.25) is 0 Å². The van der Waals surface area contributed by atoms with Gasteiger partial charge in [0.15, 0.2) is 0 Å². The molecular formula is C11H18O3. The van der Waals surface area contributed by atoms with E-state index in [-0.39, 0.29) is 11.9 Å². The first-order chi connectivity index (χ1) is 6.63. The quantitative estimate of drug-likeness (QED) is 0.554. The molecule has 1 aliphatic carbocycles. The number of esters is 1. The van der Waals surface area contributed by atoms with Crippen LogP contribution in [0.15, 0.2) is 11.6 Å². The van der Waals surface area contributed by atoms with Gasteiger partial charge in [0, 0.05) is 0 Å². The third-order valence-corrected chi connectivity index (χ3v) is 2.58. The molecule has 0 saturated carbocycles. The van der Waals surface area contributed by atoms with Gasteiger partial charge in [-0.3, -0.25) is 4.79 Å². The first-order valence-electron chi connectivity index (χ1n) is 5.14. The van der Waals surface area contributed by atoms with Gasteiger partial charge in [0.05, 0.1) is 19.1 Å². The Hall–Kier alpha value is -0.830. The van der Waals surface area contributed by atoms with Gasteiger partial charge >= 0.3 is 5.97 Å². The van der Waals surface area contributed by atoms with Gasteiger partial charge in [-0.25, -0.2) is 0 Å². The van der Waals surface area contributed by atoms with Gasteiger partial charge < -0.3 is 9.84 Å². The van der Waals surface area contributed by atoms with Crippen LogP contribution in [0.1, 0.15) is 33.1 Å². The summed E-state index contributed by atoms with van der Waals surface area (Å²) in [5.74, 6) is -0.165. The van der Waals surface area contributed by atoms with Gasteiger partial charge in [-0.05, 0) is 32.6 Å². The van der Waals surface area contributed by atoms with Crippen LogP contribution in [0.3, 0.4) is 0 Å². The van der Waals surface area contributed by atoms with Crippen molar-refractivity contribution in [2.75, 3.05) is 6.61 Å². The lowest BCUT2D eigenvalue weighted by Gasteiger charge is -2.24. The zero-order valence-electron chi connectivity index (χ0n) is 8.82. The fourth-order valence-electron chi connectivity index (χ4n) is 1.75. The average Bonchev–Trinajstić information content (AvgIpc) is 2.10. The number of aliphatic hydroxyl groups is 1. The fourth-order valence-corrected chi connectivity index (χ4v) is 1.75. The number of carbonyl (C=O) groups excluding carboxylic acids is 1. The van der Waals surface area contributed by atoms with Crippen molar-refractivity contribution in [3.05, 3.63) is 11.6 Å². The van der Waals surface area contributed by atoms with Gasteiger partial charge in [-0.1, -0.05) is 11.6 Å². The molecule has 0 aromatic rings. The van der Waals surface area contributed by atoms with E-state index in [2.05, 4.69) is 0 Å². The Kier molecular flexibility index (Phi) is 4.14. The Labute approximate surface area is 84.8 Å². The number of hydrogen-bond donors (Lipinski definition) is 1. The van der Waals surface area contributed by atoms with E-state index in [0.29, 0.717) is 13.0 Å². The van der Waals surface area contributed by atoms with Crippen LogP contribution in [-0.4, -0.2) is 23.8 Å². The lowest BCUT2D eigenvalue weighted by molar-refractivity contribution is -0.145. The summed E-state index contributed by atoms with van der Waals surface area (Å²) in [5.41, 5.74) is 1.21. The zero-order valence-corrected chi connectivity index (χ0v) is 8.82. The van der Waals surface area contributed by atoms with Crippen molar-refractivity contribution < 1.29 is 14.6 Å². The molecule has 80 valence electrons. The molecule has 2 atom stereocenters. The molecular weight excluding hydrogens is 180 g/mol. The van der Waals surface area contributed by atoms with Crippen molar-refractivity contribution >= 4 is 5.97 Å². The molecule has 1 rings (SSSR count). The van der Waals surface area contributed by atoms with Crippen molar-refractivity contribution in [1.82, 2.24) is 0 Å². The van der Waals surface area contributed by atoms with E-state index in [0.717, 1.165) is 12.8 Å². The highest BCUT2D eigenvalue weighted by molar-refractivity contribution is 5.69. The SMILES string of the molecule is CCOC(=O)C[C@H]1CCC(C)=C[C@@H]1O. The summed E-state index contributed by atoms with van der Waals surface area (Å²) in [6.07, 6.45) is 3.54. The highest BCUT2D eigenvalue weighted by Gasteiger charge is 2.24. The van der Waals surface area contributed by atoms with Crippen LogP contribution in [0.25, 0.3) is 0 Å². The summed E-state index contributed by atoms with van der Waals surface area (Å²) in [7, 11) is 0. The summed E-state index contributed by atoms with van der Waals surface area (Å²) >= 11 is 0. The smallest absolute Gasteiger partial charge is 0.306 e. The maximum Gasteiger partial charge on any atom is 0.306 e. The molecule has 0 amide bonds. The number of allylic oxidation sites excluding steroid dienone is 1. The second kappa shape index (κ2) is 5.15. The van der Waals surface area contributed by atoms with Crippen LogP contribution >= 0.6 is 0 Å². The Balaban J connectivity index is 2.43. The molecule has 0 aromatic carbocycles. The molecule has 0 saturated heterocycles. The number of ether oxygens (including phenoxy) is 1. The molecule has 1 aliphatic rings. The Morgan fingerprint density at radius 3 is 3.00 bits per heavy atom. The van der Waals surface area contributed by atoms with E-state index in [1.807, 2.05) is 13.0 Å². The molecule has 0 radical (unpaired) electrons. The largest absolute Gasteiger partial charge is 0.466 e. The van der Waals surface area contributed by atoms with E-state index in [1.165, 1.54) is 5.57 Å². The van der Waals surface area contributed by atoms with Crippen LogP contribution in [0, 0.1) is 5.92 Å². The van der Waals surface area contributed by atoms with Crippen molar-refractivity contribution in [2.24, 2.45) is 5.92 Å². The maximum absolute atomic E-state index is 11.2. The van der Waals surface area contributed by atoms with Crippen molar-refractivity contribution in [3.63, 3.8) is 0 Å². The second-order valence-corrected chi connectivity index (χ2v) is 3.81. The highest BCUT2D eigenvalue weighted by atomic mass is 16.5. The van der Waals surface area contributed by atoms with Gasteiger partial charge in [-0.15, -0.1) is 0 Å². The Morgan fingerprint density at radius 1 is 1.71 bits per heavy atom. The van der Waals surface area contributed by atoms with Gasteiger partial charge in [0.25, 0.3) is 0 Å². The predicted molar refractivity (Wildman–Crippen MR) is 53.7 cm³/mol. The van der Waals surface area contributed by atoms with Crippen LogP contribution in [0.2, 0.25) is 0 Å². The normalized spacial score (nSPS) is 26.9. The summed E-state index contributed by atoms with van der Waals surface area (Å²) < 4.78 is 4.85. The lowest BCUT2D eigenvalue weighted by atomic mass is 9.86. The molecule has 0 aliphatic heterocycles. The second-order valence-electron chi connectivity index (χ2n) is 3.81. The van der Waals surface area contributed by atoms with Crippen molar-refractivity contribution in [2.45, 2.75) is 39.2 Å². The van der Waals surface area contributed by atoms with Crippen molar-refractivity contribution in [3.8, 4) is 0 Å². The molecule has 0 unspecified atom stereocenters. The van der Waals surface area contributed by atoms with E-state index < -0.39 is 6.10 Å². The monoisotopic (exact) mass is 198 g/mol. The van der Waals surface area contributed by atoms with Crippen LogP contribution in [0.4, 0.5) is 0 Å². The van der Waals surface area contributed by atoms with Crippen LogP contribution in [-0.2, 0) is 9.53 Å². The first-order valence-corrected chi connectivity index (χ1v) is 5.14. The third kappa shape index (κ3) is 3.14. The molecule has 1 N–H and O–H groups in total. The van der Waals surface area contributed by atoms with Gasteiger partial charge in [0.1, 0.15) is 0 Å². The van der Waals surface area contributed by atoms with Crippen LogP contribution < -0.4 is 0 Å². The number of hydrogen-bond acceptors (Lipinski definition) is 3. The fraction of sp³-hybridized carbons (Fsp3) is 0.727. The third-order valence-electron chi connectivity index (χ3n) is 2.58. The number of aliphatic hydroxyl groups excluding tert-OH is 1.